The van der Waals surface area contributed by atoms with Crippen molar-refractivity contribution in [3.8, 4) is 6.07 Å². The Bertz CT molecular complexity index is 790. The number of carbonyl (C=O) groups excluding carboxylic acids is 1. The zero-order valence-electron chi connectivity index (χ0n) is 14.2. The minimum Gasteiger partial charge on any atom is -0.384 e. The highest BCUT2D eigenvalue weighted by atomic mass is 19.1. The van der Waals surface area contributed by atoms with E-state index in [-0.39, 0.29) is 24.0 Å². The van der Waals surface area contributed by atoms with E-state index >= 15 is 0 Å². The molecule has 2 aromatic rings. The van der Waals surface area contributed by atoms with Gasteiger partial charge >= 0.3 is 6.03 Å². The summed E-state index contributed by atoms with van der Waals surface area (Å²) in [6, 6.07) is 6.79. The molecule has 2 amide bonds. The largest absolute Gasteiger partial charge is 0.384 e. The lowest BCUT2D eigenvalue weighted by molar-refractivity contribution is 0.0599. The van der Waals surface area contributed by atoms with Gasteiger partial charge in [-0.25, -0.2) is 9.18 Å². The third-order valence-corrected chi connectivity index (χ3v) is 3.67. The van der Waals surface area contributed by atoms with Crippen molar-refractivity contribution in [2.75, 3.05) is 11.9 Å². The summed E-state index contributed by atoms with van der Waals surface area (Å²) in [5, 5.41) is 28.7. The van der Waals surface area contributed by atoms with Gasteiger partial charge in [-0.2, -0.15) is 10.4 Å². The summed E-state index contributed by atoms with van der Waals surface area (Å²) >= 11 is 0. The summed E-state index contributed by atoms with van der Waals surface area (Å²) in [6.45, 7) is 5.21. The molecule has 0 spiro atoms. The smallest absolute Gasteiger partial charge is 0.320 e. The molecule has 1 aromatic carbocycles. The van der Waals surface area contributed by atoms with E-state index in [1.165, 1.54) is 31.2 Å². The van der Waals surface area contributed by atoms with Crippen LogP contribution in [0.25, 0.3) is 0 Å². The molecule has 0 fully saturated rings. The summed E-state index contributed by atoms with van der Waals surface area (Å²) in [5.41, 5.74) is -0.662. The Labute approximate surface area is 145 Å². The molecule has 0 aliphatic heterocycles. The number of nitrogens with one attached hydrogen (secondary N) is 2. The Morgan fingerprint density at radius 2 is 2.08 bits per heavy atom. The monoisotopic (exact) mass is 345 g/mol. The first-order valence-corrected chi connectivity index (χ1v) is 7.75. The van der Waals surface area contributed by atoms with Crippen LogP contribution in [0, 0.1) is 17.1 Å². The predicted molar refractivity (Wildman–Crippen MR) is 90.3 cm³/mol. The molecule has 8 heteroatoms. The van der Waals surface area contributed by atoms with Crippen LogP contribution in [0.15, 0.2) is 30.5 Å². The molecule has 132 valence electrons. The maximum Gasteiger partial charge on any atom is 0.320 e. The van der Waals surface area contributed by atoms with Gasteiger partial charge in [-0.1, -0.05) is 12.1 Å². The number of halogens is 1. The number of rotatable bonds is 5. The Balaban J connectivity index is 2.01. The fourth-order valence-corrected chi connectivity index (χ4v) is 2.15. The van der Waals surface area contributed by atoms with E-state index in [4.69, 9.17) is 5.26 Å². The molecular formula is C17H20FN5O2. The van der Waals surface area contributed by atoms with Crippen LogP contribution in [0.3, 0.4) is 0 Å². The van der Waals surface area contributed by atoms with Crippen LogP contribution in [0.1, 0.15) is 37.9 Å². The van der Waals surface area contributed by atoms with Gasteiger partial charge in [0, 0.05) is 12.2 Å². The van der Waals surface area contributed by atoms with Gasteiger partial charge in [0.1, 0.15) is 23.1 Å². The van der Waals surface area contributed by atoms with Crippen molar-refractivity contribution in [1.82, 2.24) is 15.1 Å². The second-order valence-electron chi connectivity index (χ2n) is 6.17. The van der Waals surface area contributed by atoms with Crippen LogP contribution in [0.2, 0.25) is 0 Å². The van der Waals surface area contributed by atoms with Gasteiger partial charge in [0.05, 0.1) is 6.54 Å². The Morgan fingerprint density at radius 3 is 2.64 bits per heavy atom. The van der Waals surface area contributed by atoms with Gasteiger partial charge in [-0.05, 0) is 38.5 Å². The number of urea groups is 1. The first-order chi connectivity index (χ1) is 11.7. The molecule has 1 heterocycles. The van der Waals surface area contributed by atoms with Crippen LogP contribution in [-0.4, -0.2) is 27.5 Å². The van der Waals surface area contributed by atoms with E-state index in [9.17, 15) is 14.3 Å². The van der Waals surface area contributed by atoms with E-state index in [1.807, 2.05) is 19.9 Å². The van der Waals surface area contributed by atoms with E-state index in [1.54, 1.807) is 10.9 Å². The summed E-state index contributed by atoms with van der Waals surface area (Å²) in [5.74, 6) is -0.259. The lowest BCUT2D eigenvalue weighted by Crippen LogP contribution is -2.40. The number of aromatic nitrogens is 2. The summed E-state index contributed by atoms with van der Waals surface area (Å²) < 4.78 is 14.5. The molecule has 0 bridgehead atoms. The Kier molecular flexibility index (Phi) is 5.39. The summed E-state index contributed by atoms with van der Waals surface area (Å²) in [4.78, 5) is 12.0. The number of nitrogens with zero attached hydrogens (tertiary/aromatic N) is 3. The average Bonchev–Trinajstić information content (AvgIpc) is 2.96. The van der Waals surface area contributed by atoms with E-state index in [0.29, 0.717) is 5.56 Å². The van der Waals surface area contributed by atoms with Crippen molar-refractivity contribution >= 4 is 11.8 Å². The van der Waals surface area contributed by atoms with Gasteiger partial charge in [-0.3, -0.25) is 10.00 Å². The normalized spacial score (nSPS) is 13.2. The van der Waals surface area contributed by atoms with Crippen molar-refractivity contribution in [3.05, 3.63) is 47.4 Å². The van der Waals surface area contributed by atoms with Gasteiger partial charge < -0.3 is 10.4 Å². The number of anilines is 1. The highest BCUT2D eigenvalue weighted by Crippen LogP contribution is 2.20. The molecule has 25 heavy (non-hydrogen) atoms. The molecular weight excluding hydrogens is 325 g/mol. The average molecular weight is 345 g/mol. The number of amides is 2. The van der Waals surface area contributed by atoms with Crippen LogP contribution >= 0.6 is 0 Å². The van der Waals surface area contributed by atoms with Crippen molar-refractivity contribution in [2.45, 2.75) is 32.4 Å². The molecule has 1 atom stereocenters. The fourth-order valence-electron chi connectivity index (χ4n) is 2.15. The summed E-state index contributed by atoms with van der Waals surface area (Å²) in [6.07, 6.45) is 1.55. The zero-order valence-corrected chi connectivity index (χ0v) is 14.2. The number of carbonyl (C=O) groups is 1. The van der Waals surface area contributed by atoms with Crippen LogP contribution in [-0.2, 0) is 5.60 Å². The lowest BCUT2D eigenvalue weighted by Gasteiger charge is -2.24. The fraction of sp³-hybridized carbons (Fsp3) is 0.353. The van der Waals surface area contributed by atoms with Crippen molar-refractivity contribution < 1.29 is 14.3 Å². The molecule has 0 aliphatic carbocycles. The minimum atomic E-state index is -1.37. The molecule has 2 rings (SSSR count). The van der Waals surface area contributed by atoms with Crippen LogP contribution in [0.5, 0.6) is 0 Å². The minimum absolute atomic E-state index is 0.0462. The number of aliphatic hydroxyl groups is 1. The molecule has 3 N–H and O–H groups in total. The number of benzene rings is 1. The van der Waals surface area contributed by atoms with E-state index in [2.05, 4.69) is 15.7 Å². The number of hydrogen-bond donors (Lipinski definition) is 3. The highest BCUT2D eigenvalue weighted by molar-refractivity contribution is 5.89. The van der Waals surface area contributed by atoms with E-state index in [0.717, 1.165) is 0 Å². The highest BCUT2D eigenvalue weighted by Gasteiger charge is 2.24. The molecule has 0 aliphatic rings. The zero-order chi connectivity index (χ0) is 18.6. The third-order valence-electron chi connectivity index (χ3n) is 3.67. The quantitative estimate of drug-likeness (QED) is 0.774. The standard InChI is InChI=1S/C17H20FN5O2/c1-11(2)23-9-12(8-19)15(22-23)21-16(24)20-10-17(3,25)13-4-6-14(18)7-5-13/h4-7,9,11,25H,10H2,1-3H3,(H2,20,21,22,24). The van der Waals surface area contributed by atoms with Gasteiger partial charge in [0.15, 0.2) is 5.82 Å². The van der Waals surface area contributed by atoms with Gasteiger partial charge in [0.25, 0.3) is 0 Å². The second-order valence-corrected chi connectivity index (χ2v) is 6.17. The molecule has 0 saturated heterocycles. The van der Waals surface area contributed by atoms with Gasteiger partial charge in [-0.15, -0.1) is 0 Å². The molecule has 1 unspecified atom stereocenters. The van der Waals surface area contributed by atoms with Crippen LogP contribution < -0.4 is 10.6 Å². The number of hydrogen-bond acceptors (Lipinski definition) is 4. The first-order valence-electron chi connectivity index (χ1n) is 7.75. The SMILES string of the molecule is CC(C)n1cc(C#N)c(NC(=O)NCC(C)(O)c2ccc(F)cc2)n1. The topological polar surface area (TPSA) is 103 Å². The van der Waals surface area contributed by atoms with Crippen molar-refractivity contribution in [1.29, 1.82) is 5.26 Å². The summed E-state index contributed by atoms with van der Waals surface area (Å²) in [7, 11) is 0. The maximum absolute atomic E-state index is 13.0. The molecule has 1 aromatic heterocycles. The molecule has 0 radical (unpaired) electrons. The Hall–Kier alpha value is -2.92. The first kappa shape index (κ1) is 18.4. The van der Waals surface area contributed by atoms with Gasteiger partial charge in [0.2, 0.25) is 0 Å². The lowest BCUT2D eigenvalue weighted by atomic mass is 9.96. The third kappa shape index (κ3) is 4.55. The van der Waals surface area contributed by atoms with Crippen molar-refractivity contribution in [3.63, 3.8) is 0 Å². The Morgan fingerprint density at radius 1 is 1.44 bits per heavy atom. The maximum atomic E-state index is 13.0. The predicted octanol–water partition coefficient (Wildman–Crippen LogP) is 2.50. The van der Waals surface area contributed by atoms with Crippen LogP contribution in [0.4, 0.5) is 15.0 Å². The molecule has 7 nitrogen and oxygen atoms in total. The number of nitriles is 1. The van der Waals surface area contributed by atoms with Crippen molar-refractivity contribution in [2.24, 2.45) is 0 Å². The molecule has 0 saturated carbocycles. The van der Waals surface area contributed by atoms with E-state index < -0.39 is 17.4 Å². The second kappa shape index (κ2) is 7.32.